The third kappa shape index (κ3) is 9.29. The number of ether oxygens (including phenoxy) is 2. The van der Waals surface area contributed by atoms with Crippen molar-refractivity contribution in [2.24, 2.45) is 4.99 Å². The van der Waals surface area contributed by atoms with Gasteiger partial charge in [0, 0.05) is 31.7 Å². The number of aliphatic imine (C=N–C) groups is 1. The molecule has 0 aliphatic heterocycles. The lowest BCUT2D eigenvalue weighted by Gasteiger charge is -2.30. The van der Waals surface area contributed by atoms with Crippen LogP contribution in [0.2, 0.25) is 0 Å². The summed E-state index contributed by atoms with van der Waals surface area (Å²) in [6.45, 7) is 14.1. The van der Waals surface area contributed by atoms with Gasteiger partial charge < -0.3 is 25.2 Å². The number of nitrogens with zero attached hydrogens (tertiary/aromatic N) is 2. The molecule has 0 unspecified atom stereocenters. The molecule has 1 aromatic carbocycles. The van der Waals surface area contributed by atoms with Gasteiger partial charge in [-0.2, -0.15) is 0 Å². The van der Waals surface area contributed by atoms with Crippen LogP contribution in [0.5, 0.6) is 17.2 Å². The number of phenolic OH excluding ortho intramolecular Hbond substituents is 1. The van der Waals surface area contributed by atoms with Gasteiger partial charge in [0.15, 0.2) is 17.5 Å². The molecule has 3 N–H and O–H groups in total. The van der Waals surface area contributed by atoms with Crippen LogP contribution >= 0.6 is 24.0 Å². The van der Waals surface area contributed by atoms with Gasteiger partial charge >= 0.3 is 0 Å². The van der Waals surface area contributed by atoms with Crippen molar-refractivity contribution < 1.29 is 14.6 Å². The van der Waals surface area contributed by atoms with Crippen molar-refractivity contribution in [1.29, 1.82) is 0 Å². The summed E-state index contributed by atoms with van der Waals surface area (Å²) in [7, 11) is 3.04. The van der Waals surface area contributed by atoms with Gasteiger partial charge in [-0.05, 0) is 58.7 Å². The van der Waals surface area contributed by atoms with Crippen molar-refractivity contribution in [2.75, 3.05) is 33.9 Å². The molecule has 0 saturated carbocycles. The van der Waals surface area contributed by atoms with Crippen LogP contribution in [0.1, 0.15) is 46.6 Å². The van der Waals surface area contributed by atoms with Crippen LogP contribution < -0.4 is 20.1 Å². The van der Waals surface area contributed by atoms with Crippen LogP contribution in [0, 0.1) is 0 Å². The maximum absolute atomic E-state index is 10.0. The van der Waals surface area contributed by atoms with Gasteiger partial charge in [0.2, 0.25) is 5.75 Å². The molecule has 0 saturated heterocycles. The van der Waals surface area contributed by atoms with E-state index < -0.39 is 0 Å². The Morgan fingerprint density at radius 3 is 2.07 bits per heavy atom. The fraction of sp³-hybridized carbons (Fsp3) is 0.667. The molecule has 8 heteroatoms. The van der Waals surface area contributed by atoms with Gasteiger partial charge in [0.1, 0.15) is 0 Å². The first-order valence-electron chi connectivity index (χ1n) is 10.1. The Labute approximate surface area is 193 Å². The average molecular weight is 522 g/mol. The predicted molar refractivity (Wildman–Crippen MR) is 131 cm³/mol. The standard InChI is InChI=1S/C21H38N4O3.HI/c1-8-22-21(23-10-9-11-25(15(2)3)16(4)5)24-14-17-12-18(27-6)20(26)19(13-17)28-7;/h12-13,15-16,26H,8-11,14H2,1-7H3,(H2,22,23,24);1H. The lowest BCUT2D eigenvalue weighted by molar-refractivity contribution is 0.173. The van der Waals surface area contributed by atoms with E-state index in [9.17, 15) is 5.11 Å². The highest BCUT2D eigenvalue weighted by Gasteiger charge is 2.13. The molecule has 0 amide bonds. The molecular formula is C21H39IN4O3. The van der Waals surface area contributed by atoms with Crippen molar-refractivity contribution in [3.8, 4) is 17.2 Å². The number of rotatable bonds is 11. The molecule has 0 spiro atoms. The number of methoxy groups -OCH3 is 2. The number of aromatic hydroxyl groups is 1. The Bertz CT molecular complexity index is 591. The number of halogens is 1. The van der Waals surface area contributed by atoms with E-state index in [4.69, 9.17) is 9.47 Å². The predicted octanol–water partition coefficient (Wildman–Crippen LogP) is 3.59. The first kappa shape index (κ1) is 27.6. The minimum atomic E-state index is 0. The second kappa shape index (κ2) is 14.5. The van der Waals surface area contributed by atoms with Crippen molar-refractivity contribution in [2.45, 2.75) is 59.7 Å². The first-order chi connectivity index (χ1) is 13.3. The SMILES string of the molecule is CCNC(=NCc1cc(OC)c(O)c(OC)c1)NCCCN(C(C)C)C(C)C.I. The van der Waals surface area contributed by atoms with Crippen LogP contribution in [-0.4, -0.2) is 61.9 Å². The second-order valence-corrected chi connectivity index (χ2v) is 7.25. The molecule has 0 radical (unpaired) electrons. The van der Waals surface area contributed by atoms with Gasteiger partial charge in [-0.25, -0.2) is 4.99 Å². The average Bonchev–Trinajstić information content (AvgIpc) is 2.65. The Morgan fingerprint density at radius 2 is 1.62 bits per heavy atom. The summed E-state index contributed by atoms with van der Waals surface area (Å²) in [5.74, 6) is 1.53. The number of benzene rings is 1. The minimum absolute atomic E-state index is 0. The van der Waals surface area contributed by atoms with E-state index in [2.05, 4.69) is 48.2 Å². The Hall–Kier alpha value is -1.42. The highest BCUT2D eigenvalue weighted by atomic mass is 127. The van der Waals surface area contributed by atoms with E-state index in [1.54, 1.807) is 12.1 Å². The van der Waals surface area contributed by atoms with Gasteiger partial charge in [0.05, 0.1) is 20.8 Å². The highest BCUT2D eigenvalue weighted by molar-refractivity contribution is 14.0. The first-order valence-corrected chi connectivity index (χ1v) is 10.1. The van der Waals surface area contributed by atoms with E-state index in [-0.39, 0.29) is 29.7 Å². The molecular weight excluding hydrogens is 483 g/mol. The number of hydrogen-bond acceptors (Lipinski definition) is 5. The molecule has 1 aromatic rings. The Morgan fingerprint density at radius 1 is 1.07 bits per heavy atom. The van der Waals surface area contributed by atoms with Crippen LogP contribution in [0.4, 0.5) is 0 Å². The summed E-state index contributed by atoms with van der Waals surface area (Å²) < 4.78 is 10.4. The molecule has 0 atom stereocenters. The molecule has 1 rings (SSSR count). The summed E-state index contributed by atoms with van der Waals surface area (Å²) >= 11 is 0. The van der Waals surface area contributed by atoms with Gasteiger partial charge in [-0.3, -0.25) is 4.90 Å². The van der Waals surface area contributed by atoms with Crippen LogP contribution in [-0.2, 0) is 6.54 Å². The summed E-state index contributed by atoms with van der Waals surface area (Å²) in [5.41, 5.74) is 0.898. The topological polar surface area (TPSA) is 78.4 Å². The number of nitrogens with one attached hydrogen (secondary N) is 2. The molecule has 0 aliphatic carbocycles. The van der Waals surface area contributed by atoms with Crippen molar-refractivity contribution >= 4 is 29.9 Å². The number of hydrogen-bond donors (Lipinski definition) is 3. The molecule has 0 aromatic heterocycles. The van der Waals surface area contributed by atoms with E-state index in [1.165, 1.54) is 14.2 Å². The second-order valence-electron chi connectivity index (χ2n) is 7.25. The largest absolute Gasteiger partial charge is 0.502 e. The fourth-order valence-corrected chi connectivity index (χ4v) is 3.13. The fourth-order valence-electron chi connectivity index (χ4n) is 3.13. The molecule has 29 heavy (non-hydrogen) atoms. The summed E-state index contributed by atoms with van der Waals surface area (Å²) in [5, 5.41) is 16.7. The maximum Gasteiger partial charge on any atom is 0.200 e. The van der Waals surface area contributed by atoms with E-state index in [0.29, 0.717) is 30.1 Å². The lowest BCUT2D eigenvalue weighted by Crippen LogP contribution is -2.41. The van der Waals surface area contributed by atoms with Gasteiger partial charge in [-0.15, -0.1) is 24.0 Å². The van der Waals surface area contributed by atoms with Crippen LogP contribution in [0.15, 0.2) is 17.1 Å². The lowest BCUT2D eigenvalue weighted by atomic mass is 10.2. The molecule has 0 bridgehead atoms. The normalized spacial score (nSPS) is 11.6. The Balaban J connectivity index is 0.00000784. The summed E-state index contributed by atoms with van der Waals surface area (Å²) in [6.07, 6.45) is 1.04. The zero-order valence-corrected chi connectivity index (χ0v) is 21.2. The highest BCUT2D eigenvalue weighted by Crippen LogP contribution is 2.37. The monoisotopic (exact) mass is 522 g/mol. The van der Waals surface area contributed by atoms with Crippen molar-refractivity contribution in [3.05, 3.63) is 17.7 Å². The van der Waals surface area contributed by atoms with Gasteiger partial charge in [-0.1, -0.05) is 0 Å². The zero-order valence-electron chi connectivity index (χ0n) is 18.9. The molecule has 0 aliphatic rings. The molecule has 0 heterocycles. The van der Waals surface area contributed by atoms with Crippen molar-refractivity contribution in [1.82, 2.24) is 15.5 Å². The summed E-state index contributed by atoms with van der Waals surface area (Å²) in [6, 6.07) is 4.63. The smallest absolute Gasteiger partial charge is 0.200 e. The maximum atomic E-state index is 10.0. The van der Waals surface area contributed by atoms with Crippen LogP contribution in [0.3, 0.4) is 0 Å². The molecule has 7 nitrogen and oxygen atoms in total. The minimum Gasteiger partial charge on any atom is -0.502 e. The van der Waals surface area contributed by atoms with Crippen LogP contribution in [0.25, 0.3) is 0 Å². The number of phenols is 1. The van der Waals surface area contributed by atoms with E-state index >= 15 is 0 Å². The summed E-state index contributed by atoms with van der Waals surface area (Å²) in [4.78, 5) is 7.13. The van der Waals surface area contributed by atoms with Gasteiger partial charge in [0.25, 0.3) is 0 Å². The molecule has 0 fully saturated rings. The van der Waals surface area contributed by atoms with E-state index in [0.717, 1.165) is 37.6 Å². The van der Waals surface area contributed by atoms with E-state index in [1.807, 2.05) is 6.92 Å². The third-order valence-corrected chi connectivity index (χ3v) is 4.52. The quantitative estimate of drug-likeness (QED) is 0.179. The van der Waals surface area contributed by atoms with Crippen molar-refractivity contribution in [3.63, 3.8) is 0 Å². The third-order valence-electron chi connectivity index (χ3n) is 4.52. The number of guanidine groups is 1. The Kier molecular flexibility index (Phi) is 13.8. The molecule has 168 valence electrons. The zero-order chi connectivity index (χ0) is 21.1.